The van der Waals surface area contributed by atoms with Gasteiger partial charge in [0.2, 0.25) is 5.91 Å². The second-order valence-electron chi connectivity index (χ2n) is 3.33. The highest BCUT2D eigenvalue weighted by molar-refractivity contribution is 5.83. The molecule has 0 bridgehead atoms. The van der Waals surface area contributed by atoms with Gasteiger partial charge in [0, 0.05) is 32.2 Å². The van der Waals surface area contributed by atoms with E-state index in [1.165, 1.54) is 0 Å². The minimum atomic E-state index is -0.215. The van der Waals surface area contributed by atoms with E-state index in [9.17, 15) is 4.79 Å². The lowest BCUT2D eigenvalue weighted by molar-refractivity contribution is -0.129. The number of carbonyl (C=O) groups is 1. The Morgan fingerprint density at radius 3 is 2.50 bits per heavy atom. The van der Waals surface area contributed by atoms with Gasteiger partial charge in [-0.15, -0.1) is 0 Å². The molecular formula is C10H15N3O. The van der Waals surface area contributed by atoms with Gasteiger partial charge in [-0.2, -0.15) is 0 Å². The maximum Gasteiger partial charge on any atom is 0.244 e. The minimum Gasteiger partial charge on any atom is -0.374 e. The van der Waals surface area contributed by atoms with Crippen molar-refractivity contribution in [3.05, 3.63) is 24.5 Å². The van der Waals surface area contributed by atoms with Crippen molar-refractivity contribution in [3.63, 3.8) is 0 Å². The summed E-state index contributed by atoms with van der Waals surface area (Å²) in [6.45, 7) is 1.84. The van der Waals surface area contributed by atoms with Gasteiger partial charge in [-0.1, -0.05) is 0 Å². The third kappa shape index (κ3) is 2.73. The van der Waals surface area contributed by atoms with Crippen LogP contribution in [0.5, 0.6) is 0 Å². The molecule has 1 unspecified atom stereocenters. The van der Waals surface area contributed by atoms with Crippen LogP contribution in [0, 0.1) is 0 Å². The SMILES string of the molecule is CC(Nc1ccncc1)C(=O)N(C)C. The van der Waals surface area contributed by atoms with Gasteiger partial charge in [0.25, 0.3) is 0 Å². The molecule has 0 aliphatic rings. The van der Waals surface area contributed by atoms with Gasteiger partial charge in [0.15, 0.2) is 0 Å². The number of amides is 1. The molecule has 1 N–H and O–H groups in total. The van der Waals surface area contributed by atoms with Crippen LogP contribution in [0.1, 0.15) is 6.92 Å². The molecule has 0 spiro atoms. The van der Waals surface area contributed by atoms with Crippen LogP contribution in [-0.2, 0) is 4.79 Å². The number of pyridine rings is 1. The summed E-state index contributed by atoms with van der Waals surface area (Å²) in [7, 11) is 3.49. The van der Waals surface area contributed by atoms with Crippen LogP contribution in [-0.4, -0.2) is 35.9 Å². The monoisotopic (exact) mass is 193 g/mol. The number of likely N-dealkylation sites (N-methyl/N-ethyl adjacent to an activating group) is 1. The number of rotatable bonds is 3. The Hall–Kier alpha value is -1.58. The molecule has 4 heteroatoms. The van der Waals surface area contributed by atoms with E-state index in [4.69, 9.17) is 0 Å². The zero-order chi connectivity index (χ0) is 10.6. The van der Waals surface area contributed by atoms with Crippen LogP contribution in [0.15, 0.2) is 24.5 Å². The van der Waals surface area contributed by atoms with Crippen molar-refractivity contribution >= 4 is 11.6 Å². The Morgan fingerprint density at radius 2 is 2.00 bits per heavy atom. The van der Waals surface area contributed by atoms with Gasteiger partial charge in [-0.25, -0.2) is 0 Å². The minimum absolute atomic E-state index is 0.0572. The fraction of sp³-hybridized carbons (Fsp3) is 0.400. The van der Waals surface area contributed by atoms with Crippen molar-refractivity contribution in [1.82, 2.24) is 9.88 Å². The largest absolute Gasteiger partial charge is 0.374 e. The first-order valence-electron chi connectivity index (χ1n) is 4.49. The van der Waals surface area contributed by atoms with Gasteiger partial charge in [0.1, 0.15) is 6.04 Å². The van der Waals surface area contributed by atoms with E-state index in [0.717, 1.165) is 5.69 Å². The third-order valence-corrected chi connectivity index (χ3v) is 1.87. The number of anilines is 1. The summed E-state index contributed by atoms with van der Waals surface area (Å²) in [6.07, 6.45) is 3.38. The molecule has 1 rings (SSSR count). The highest BCUT2D eigenvalue weighted by Crippen LogP contribution is 2.06. The van der Waals surface area contributed by atoms with Crippen LogP contribution >= 0.6 is 0 Å². The lowest BCUT2D eigenvalue weighted by atomic mass is 10.3. The summed E-state index contributed by atoms with van der Waals surface area (Å²) < 4.78 is 0. The van der Waals surface area contributed by atoms with E-state index in [-0.39, 0.29) is 11.9 Å². The molecule has 0 saturated heterocycles. The van der Waals surface area contributed by atoms with Crippen LogP contribution in [0.4, 0.5) is 5.69 Å². The average Bonchev–Trinajstić information content (AvgIpc) is 2.18. The van der Waals surface area contributed by atoms with E-state index in [1.54, 1.807) is 31.4 Å². The van der Waals surface area contributed by atoms with E-state index in [1.807, 2.05) is 19.1 Å². The van der Waals surface area contributed by atoms with Crippen molar-refractivity contribution in [2.24, 2.45) is 0 Å². The Bertz CT molecular complexity index is 297. The number of aromatic nitrogens is 1. The lowest BCUT2D eigenvalue weighted by Crippen LogP contribution is -2.36. The molecule has 1 aromatic heterocycles. The molecule has 1 heterocycles. The predicted molar refractivity (Wildman–Crippen MR) is 56.0 cm³/mol. The molecule has 1 atom stereocenters. The predicted octanol–water partition coefficient (Wildman–Crippen LogP) is 0.970. The molecule has 0 aliphatic carbocycles. The van der Waals surface area contributed by atoms with Gasteiger partial charge in [0.05, 0.1) is 0 Å². The number of nitrogens with one attached hydrogen (secondary N) is 1. The summed E-state index contributed by atoms with van der Waals surface area (Å²) >= 11 is 0. The number of nitrogens with zero attached hydrogens (tertiary/aromatic N) is 2. The first kappa shape index (κ1) is 10.5. The van der Waals surface area contributed by atoms with Crippen molar-refractivity contribution in [2.75, 3.05) is 19.4 Å². The molecule has 0 aliphatic heterocycles. The Balaban J connectivity index is 2.57. The van der Waals surface area contributed by atoms with Crippen molar-refractivity contribution in [1.29, 1.82) is 0 Å². The van der Waals surface area contributed by atoms with Gasteiger partial charge >= 0.3 is 0 Å². The lowest BCUT2D eigenvalue weighted by Gasteiger charge is -2.18. The average molecular weight is 193 g/mol. The molecule has 1 aromatic rings. The summed E-state index contributed by atoms with van der Waals surface area (Å²) in [5.74, 6) is 0.0572. The van der Waals surface area contributed by atoms with E-state index in [0.29, 0.717) is 0 Å². The van der Waals surface area contributed by atoms with Gasteiger partial charge in [-0.05, 0) is 19.1 Å². The first-order valence-corrected chi connectivity index (χ1v) is 4.49. The summed E-state index contributed by atoms with van der Waals surface area (Å²) in [4.78, 5) is 17.0. The number of carbonyl (C=O) groups excluding carboxylic acids is 1. The molecule has 4 nitrogen and oxygen atoms in total. The highest BCUT2D eigenvalue weighted by Gasteiger charge is 2.13. The first-order chi connectivity index (χ1) is 6.61. The normalized spacial score (nSPS) is 11.9. The molecule has 1 amide bonds. The molecular weight excluding hydrogens is 178 g/mol. The number of hydrogen-bond acceptors (Lipinski definition) is 3. The van der Waals surface area contributed by atoms with E-state index in [2.05, 4.69) is 10.3 Å². The van der Waals surface area contributed by atoms with E-state index < -0.39 is 0 Å². The fourth-order valence-electron chi connectivity index (χ4n) is 1.15. The smallest absolute Gasteiger partial charge is 0.244 e. The molecule has 14 heavy (non-hydrogen) atoms. The van der Waals surface area contributed by atoms with Crippen molar-refractivity contribution in [2.45, 2.75) is 13.0 Å². The Labute approximate surface area is 83.9 Å². The topological polar surface area (TPSA) is 45.2 Å². The second-order valence-corrected chi connectivity index (χ2v) is 3.33. The van der Waals surface area contributed by atoms with Gasteiger partial charge in [-0.3, -0.25) is 9.78 Å². The maximum atomic E-state index is 11.5. The Kier molecular flexibility index (Phi) is 3.45. The molecule has 0 radical (unpaired) electrons. The molecule has 0 fully saturated rings. The highest BCUT2D eigenvalue weighted by atomic mass is 16.2. The summed E-state index contributed by atoms with van der Waals surface area (Å²) in [5.41, 5.74) is 0.905. The van der Waals surface area contributed by atoms with Crippen molar-refractivity contribution < 1.29 is 4.79 Å². The summed E-state index contributed by atoms with van der Waals surface area (Å²) in [6, 6.07) is 3.45. The van der Waals surface area contributed by atoms with Crippen LogP contribution in [0.2, 0.25) is 0 Å². The fourth-order valence-corrected chi connectivity index (χ4v) is 1.15. The van der Waals surface area contributed by atoms with E-state index >= 15 is 0 Å². The molecule has 0 aromatic carbocycles. The van der Waals surface area contributed by atoms with Crippen LogP contribution in [0.25, 0.3) is 0 Å². The molecule has 76 valence electrons. The zero-order valence-corrected chi connectivity index (χ0v) is 8.69. The third-order valence-electron chi connectivity index (χ3n) is 1.87. The van der Waals surface area contributed by atoms with Gasteiger partial charge < -0.3 is 10.2 Å². The van der Waals surface area contributed by atoms with Crippen LogP contribution < -0.4 is 5.32 Å². The second kappa shape index (κ2) is 4.60. The van der Waals surface area contributed by atoms with Crippen molar-refractivity contribution in [3.8, 4) is 0 Å². The standard InChI is InChI=1S/C10H15N3O/c1-8(10(14)13(2)3)12-9-4-6-11-7-5-9/h4-8H,1-3H3,(H,11,12). The van der Waals surface area contributed by atoms with Crippen LogP contribution in [0.3, 0.4) is 0 Å². The molecule has 0 saturated carbocycles. The maximum absolute atomic E-state index is 11.5. The zero-order valence-electron chi connectivity index (χ0n) is 8.69. The quantitative estimate of drug-likeness (QED) is 0.778. The number of hydrogen-bond donors (Lipinski definition) is 1. The Morgan fingerprint density at radius 1 is 1.43 bits per heavy atom. The summed E-state index contributed by atoms with van der Waals surface area (Å²) in [5, 5.41) is 3.09.